The van der Waals surface area contributed by atoms with E-state index in [0.29, 0.717) is 19.7 Å². The first-order valence-corrected chi connectivity index (χ1v) is 7.98. The maximum Gasteiger partial charge on any atom is 0.409 e. The van der Waals surface area contributed by atoms with Crippen LogP contribution in [0.1, 0.15) is 23.7 Å². The number of pyridine rings is 1. The van der Waals surface area contributed by atoms with Crippen LogP contribution in [-0.4, -0.2) is 35.7 Å². The van der Waals surface area contributed by atoms with Gasteiger partial charge in [0.05, 0.1) is 17.1 Å². The molecule has 0 saturated heterocycles. The van der Waals surface area contributed by atoms with E-state index in [1.54, 1.807) is 4.90 Å². The summed E-state index contributed by atoms with van der Waals surface area (Å²) in [4.78, 5) is 18.5. The van der Waals surface area contributed by atoms with Crippen molar-refractivity contribution < 1.29 is 9.53 Å². The van der Waals surface area contributed by atoms with Crippen LogP contribution in [0.25, 0.3) is 10.9 Å². The average Bonchev–Trinajstić information content (AvgIpc) is 2.70. The van der Waals surface area contributed by atoms with E-state index in [1.807, 2.05) is 25.1 Å². The largest absolute Gasteiger partial charge is 0.450 e. The number of nitrogens with zero attached hydrogens (tertiary/aromatic N) is 2. The molecule has 1 aliphatic heterocycles. The van der Waals surface area contributed by atoms with Crippen molar-refractivity contribution in [2.24, 2.45) is 0 Å². The Bertz CT molecular complexity index is 730. The van der Waals surface area contributed by atoms with E-state index >= 15 is 0 Å². The summed E-state index contributed by atoms with van der Waals surface area (Å²) in [6.45, 7) is 5.62. The van der Waals surface area contributed by atoms with Gasteiger partial charge in [-0.1, -0.05) is 17.7 Å². The van der Waals surface area contributed by atoms with Gasteiger partial charge in [0.25, 0.3) is 0 Å². The van der Waals surface area contributed by atoms with Crippen molar-refractivity contribution in [1.82, 2.24) is 9.88 Å². The summed E-state index contributed by atoms with van der Waals surface area (Å²) in [5.41, 5.74) is 4.39. The molecule has 0 saturated carbocycles. The van der Waals surface area contributed by atoms with Crippen LogP contribution < -0.4 is 0 Å². The highest BCUT2D eigenvalue weighted by Crippen LogP contribution is 2.30. The molecule has 0 spiro atoms. The van der Waals surface area contributed by atoms with Crippen LogP contribution in [0.3, 0.4) is 0 Å². The van der Waals surface area contributed by atoms with Gasteiger partial charge >= 0.3 is 6.09 Å². The first-order valence-electron chi connectivity index (χ1n) is 7.60. The number of hydrogen-bond donors (Lipinski definition) is 0. The van der Waals surface area contributed by atoms with Gasteiger partial charge in [-0.05, 0) is 43.5 Å². The highest BCUT2D eigenvalue weighted by molar-refractivity contribution is 6.35. The molecule has 1 amide bonds. The number of carbonyl (C=O) groups excluding carboxylic acids is 1. The molecule has 22 heavy (non-hydrogen) atoms. The Hall–Kier alpha value is -1.81. The second-order valence-corrected chi connectivity index (χ2v) is 5.89. The lowest BCUT2D eigenvalue weighted by Crippen LogP contribution is -2.33. The summed E-state index contributed by atoms with van der Waals surface area (Å²) in [5, 5.41) is 1.75. The van der Waals surface area contributed by atoms with E-state index < -0.39 is 0 Å². The zero-order valence-electron chi connectivity index (χ0n) is 12.9. The lowest BCUT2D eigenvalue weighted by molar-refractivity contribution is 0.109. The monoisotopic (exact) mass is 318 g/mol. The highest BCUT2D eigenvalue weighted by atomic mass is 35.5. The molecule has 0 atom stereocenters. The molecule has 1 aromatic carbocycles. The third-order valence-electron chi connectivity index (χ3n) is 4.20. The molecule has 0 radical (unpaired) electrons. The van der Waals surface area contributed by atoms with E-state index in [-0.39, 0.29) is 6.09 Å². The first-order chi connectivity index (χ1) is 10.6. The van der Waals surface area contributed by atoms with Gasteiger partial charge < -0.3 is 9.64 Å². The lowest BCUT2D eigenvalue weighted by atomic mass is 9.98. The molecule has 1 aromatic heterocycles. The molecular formula is C17H19ClN2O2. The fraction of sp³-hybridized carbons (Fsp3) is 0.412. The number of amides is 1. The number of benzene rings is 1. The molecule has 1 aliphatic rings. The molecule has 2 aromatic rings. The van der Waals surface area contributed by atoms with E-state index in [4.69, 9.17) is 21.3 Å². The Labute approximate surface area is 135 Å². The average molecular weight is 319 g/mol. The first kappa shape index (κ1) is 15.1. The van der Waals surface area contributed by atoms with Crippen molar-refractivity contribution in [2.45, 2.75) is 26.7 Å². The van der Waals surface area contributed by atoms with Gasteiger partial charge in [-0.3, -0.25) is 4.98 Å². The Morgan fingerprint density at radius 1 is 1.36 bits per heavy atom. The topological polar surface area (TPSA) is 42.4 Å². The van der Waals surface area contributed by atoms with Crippen molar-refractivity contribution >= 4 is 28.6 Å². The SMILES string of the molecule is CCOC(=O)N1CCc2nc3cccc(Cl)c3c(C)c2CC1. The second kappa shape index (κ2) is 6.13. The number of carbonyl (C=O) groups is 1. The maximum atomic E-state index is 11.9. The van der Waals surface area contributed by atoms with Crippen molar-refractivity contribution in [3.05, 3.63) is 40.0 Å². The number of halogens is 1. The van der Waals surface area contributed by atoms with Crippen molar-refractivity contribution in [3.63, 3.8) is 0 Å². The molecule has 0 unspecified atom stereocenters. The van der Waals surface area contributed by atoms with Gasteiger partial charge in [0, 0.05) is 30.6 Å². The number of hydrogen-bond acceptors (Lipinski definition) is 3. The fourth-order valence-corrected chi connectivity index (χ4v) is 3.40. The Morgan fingerprint density at radius 3 is 2.91 bits per heavy atom. The molecule has 5 heteroatoms. The number of aromatic nitrogens is 1. The zero-order valence-corrected chi connectivity index (χ0v) is 13.6. The Kier molecular flexibility index (Phi) is 4.21. The van der Waals surface area contributed by atoms with E-state index in [0.717, 1.165) is 34.5 Å². The summed E-state index contributed by atoms with van der Waals surface area (Å²) < 4.78 is 5.11. The fourth-order valence-electron chi connectivity index (χ4n) is 3.09. The molecule has 0 aliphatic carbocycles. The van der Waals surface area contributed by atoms with Gasteiger partial charge in [-0.15, -0.1) is 0 Å². The van der Waals surface area contributed by atoms with Gasteiger partial charge in [0.2, 0.25) is 0 Å². The van der Waals surface area contributed by atoms with Crippen LogP contribution in [0.5, 0.6) is 0 Å². The van der Waals surface area contributed by atoms with Gasteiger partial charge in [0.15, 0.2) is 0 Å². The molecule has 0 N–H and O–H groups in total. The number of ether oxygens (including phenoxy) is 1. The van der Waals surface area contributed by atoms with E-state index in [1.165, 1.54) is 11.1 Å². The van der Waals surface area contributed by atoms with E-state index in [9.17, 15) is 4.79 Å². The molecule has 0 fully saturated rings. The minimum absolute atomic E-state index is 0.240. The summed E-state index contributed by atoms with van der Waals surface area (Å²) in [6.07, 6.45) is 1.29. The quantitative estimate of drug-likeness (QED) is 0.804. The van der Waals surface area contributed by atoms with Gasteiger partial charge in [-0.2, -0.15) is 0 Å². The molecule has 2 heterocycles. The van der Waals surface area contributed by atoms with Crippen molar-refractivity contribution in [1.29, 1.82) is 0 Å². The number of fused-ring (bicyclic) bond motifs is 2. The molecule has 0 bridgehead atoms. The predicted molar refractivity (Wildman–Crippen MR) is 87.5 cm³/mol. The van der Waals surface area contributed by atoms with Crippen LogP contribution in [0.15, 0.2) is 18.2 Å². The number of rotatable bonds is 1. The minimum Gasteiger partial charge on any atom is -0.450 e. The summed E-state index contributed by atoms with van der Waals surface area (Å²) >= 11 is 6.34. The van der Waals surface area contributed by atoms with Crippen LogP contribution >= 0.6 is 11.6 Å². The smallest absolute Gasteiger partial charge is 0.409 e. The second-order valence-electron chi connectivity index (χ2n) is 5.48. The van der Waals surface area contributed by atoms with Crippen molar-refractivity contribution in [2.75, 3.05) is 19.7 Å². The lowest BCUT2D eigenvalue weighted by Gasteiger charge is -2.18. The zero-order chi connectivity index (χ0) is 15.7. The summed E-state index contributed by atoms with van der Waals surface area (Å²) in [7, 11) is 0. The Balaban J connectivity index is 1.99. The normalized spacial score (nSPS) is 14.6. The Morgan fingerprint density at radius 2 is 2.14 bits per heavy atom. The van der Waals surface area contributed by atoms with E-state index in [2.05, 4.69) is 6.92 Å². The highest BCUT2D eigenvalue weighted by Gasteiger charge is 2.22. The van der Waals surface area contributed by atoms with Gasteiger partial charge in [-0.25, -0.2) is 4.79 Å². The van der Waals surface area contributed by atoms with Crippen LogP contribution in [-0.2, 0) is 17.6 Å². The van der Waals surface area contributed by atoms with Crippen molar-refractivity contribution in [3.8, 4) is 0 Å². The molecular weight excluding hydrogens is 300 g/mol. The molecule has 4 nitrogen and oxygen atoms in total. The standard InChI is InChI=1S/C17H19ClN2O2/c1-3-22-17(21)20-9-7-12-11(2)16-13(18)5-4-6-15(16)19-14(12)8-10-20/h4-6H,3,7-10H2,1-2H3. The van der Waals surface area contributed by atoms with Gasteiger partial charge in [0.1, 0.15) is 0 Å². The maximum absolute atomic E-state index is 11.9. The third kappa shape index (κ3) is 2.63. The van der Waals surface area contributed by atoms with Crippen LogP contribution in [0.2, 0.25) is 5.02 Å². The molecule has 3 rings (SSSR count). The third-order valence-corrected chi connectivity index (χ3v) is 4.51. The molecule has 116 valence electrons. The van der Waals surface area contributed by atoms with Crippen LogP contribution in [0, 0.1) is 6.92 Å². The number of aryl methyl sites for hydroxylation is 1. The van der Waals surface area contributed by atoms with Crippen LogP contribution in [0.4, 0.5) is 4.79 Å². The minimum atomic E-state index is -0.240. The summed E-state index contributed by atoms with van der Waals surface area (Å²) in [5.74, 6) is 0. The summed E-state index contributed by atoms with van der Waals surface area (Å²) in [6, 6.07) is 5.81. The predicted octanol–water partition coefficient (Wildman–Crippen LogP) is 3.75.